The van der Waals surface area contributed by atoms with E-state index in [2.05, 4.69) is 6.92 Å². The van der Waals surface area contributed by atoms with Gasteiger partial charge in [0.25, 0.3) is 0 Å². The lowest BCUT2D eigenvalue weighted by atomic mass is 10.1. The summed E-state index contributed by atoms with van der Waals surface area (Å²) in [4.78, 5) is 11.8. The van der Waals surface area contributed by atoms with Crippen molar-refractivity contribution in [1.29, 1.82) is 0 Å². The first-order valence-electron chi connectivity index (χ1n) is 13.3. The van der Waals surface area contributed by atoms with Crippen LogP contribution in [0, 0.1) is 0 Å². The summed E-state index contributed by atoms with van der Waals surface area (Å²) in [6.45, 7) is 5.70. The van der Waals surface area contributed by atoms with Crippen LogP contribution in [0.15, 0.2) is 24.3 Å². The molecule has 6 heteroatoms. The predicted octanol–water partition coefficient (Wildman–Crippen LogP) is 6.74. The van der Waals surface area contributed by atoms with Gasteiger partial charge in [0, 0.05) is 13.0 Å². The minimum absolute atomic E-state index is 0.118. The molecule has 0 aliphatic carbocycles. The fraction of sp³-hybridized carbons (Fsp3) is 0.750. The van der Waals surface area contributed by atoms with Gasteiger partial charge in [0.05, 0.1) is 33.5 Å². The van der Waals surface area contributed by atoms with Crippen molar-refractivity contribution in [1.82, 2.24) is 0 Å². The number of hydrogen-bond donors (Lipinski definition) is 0. The monoisotopic (exact) mass is 480 g/mol. The Morgan fingerprint density at radius 2 is 1.15 bits per heavy atom. The molecule has 34 heavy (non-hydrogen) atoms. The molecule has 0 saturated heterocycles. The quantitative estimate of drug-likeness (QED) is 0.121. The van der Waals surface area contributed by atoms with Crippen molar-refractivity contribution in [3.8, 4) is 11.5 Å². The van der Waals surface area contributed by atoms with E-state index >= 15 is 0 Å². The normalized spacial score (nSPS) is 10.9. The number of esters is 1. The summed E-state index contributed by atoms with van der Waals surface area (Å²) in [6, 6.07) is 7.71. The summed E-state index contributed by atoms with van der Waals surface area (Å²) in [7, 11) is 1.66. The van der Waals surface area contributed by atoms with Gasteiger partial charge in [-0.25, -0.2) is 0 Å². The van der Waals surface area contributed by atoms with Gasteiger partial charge < -0.3 is 23.7 Å². The standard InChI is InChI=1S/C28H48O6/c1-3-4-5-13-20-31-22-23-32-24-25-34-28(29)15-12-10-8-6-7-9-11-14-21-33-27-18-16-26(30-2)17-19-27/h16-19H,3-15,20-25H2,1-2H3. The lowest BCUT2D eigenvalue weighted by molar-refractivity contribution is -0.145. The zero-order chi connectivity index (χ0) is 24.5. The highest BCUT2D eigenvalue weighted by Gasteiger charge is 2.03. The molecule has 196 valence electrons. The third kappa shape index (κ3) is 18.6. The molecule has 0 fully saturated rings. The molecule has 0 radical (unpaired) electrons. The SMILES string of the molecule is CCCCCCOCCOCCOC(=O)CCCCCCCCCCOc1ccc(OC)cc1. The van der Waals surface area contributed by atoms with Crippen LogP contribution < -0.4 is 9.47 Å². The number of ether oxygens (including phenoxy) is 5. The summed E-state index contributed by atoms with van der Waals surface area (Å²) in [5.74, 6) is 1.62. The maximum atomic E-state index is 11.8. The van der Waals surface area contributed by atoms with Gasteiger partial charge in [-0.3, -0.25) is 4.79 Å². The van der Waals surface area contributed by atoms with Gasteiger partial charge >= 0.3 is 5.97 Å². The summed E-state index contributed by atoms with van der Waals surface area (Å²) in [6.07, 6.45) is 14.5. The first-order valence-corrected chi connectivity index (χ1v) is 13.3. The Morgan fingerprint density at radius 3 is 1.82 bits per heavy atom. The topological polar surface area (TPSA) is 63.2 Å². The van der Waals surface area contributed by atoms with Gasteiger partial charge in [0.15, 0.2) is 0 Å². The number of benzene rings is 1. The lowest BCUT2D eigenvalue weighted by Gasteiger charge is -2.07. The number of carbonyl (C=O) groups excluding carboxylic acids is 1. The minimum Gasteiger partial charge on any atom is -0.497 e. The van der Waals surface area contributed by atoms with Crippen molar-refractivity contribution < 1.29 is 28.5 Å². The van der Waals surface area contributed by atoms with Crippen LogP contribution in [0.2, 0.25) is 0 Å². The molecule has 0 saturated carbocycles. The maximum absolute atomic E-state index is 11.8. The van der Waals surface area contributed by atoms with Crippen LogP contribution in [0.4, 0.5) is 0 Å². The summed E-state index contributed by atoms with van der Waals surface area (Å²) < 4.78 is 27.0. The summed E-state index contributed by atoms with van der Waals surface area (Å²) in [5.41, 5.74) is 0. The fourth-order valence-corrected chi connectivity index (χ4v) is 3.53. The molecule has 0 aliphatic heterocycles. The van der Waals surface area contributed by atoms with Gasteiger partial charge in [0.1, 0.15) is 18.1 Å². The Hall–Kier alpha value is -1.79. The highest BCUT2D eigenvalue weighted by Crippen LogP contribution is 2.17. The second kappa shape index (κ2) is 23.0. The number of methoxy groups -OCH3 is 1. The predicted molar refractivity (Wildman–Crippen MR) is 137 cm³/mol. The van der Waals surface area contributed by atoms with E-state index < -0.39 is 0 Å². The molecular weight excluding hydrogens is 432 g/mol. The number of carbonyl (C=O) groups is 1. The van der Waals surface area contributed by atoms with E-state index in [1.54, 1.807) is 7.11 Å². The third-order valence-corrected chi connectivity index (χ3v) is 5.61. The van der Waals surface area contributed by atoms with Crippen LogP contribution in [0.3, 0.4) is 0 Å². The molecule has 0 aliphatic rings. The molecule has 0 heterocycles. The van der Waals surface area contributed by atoms with Crippen LogP contribution in [0.25, 0.3) is 0 Å². The molecule has 0 bridgehead atoms. The van der Waals surface area contributed by atoms with Crippen LogP contribution >= 0.6 is 0 Å². The maximum Gasteiger partial charge on any atom is 0.305 e. The number of hydrogen-bond acceptors (Lipinski definition) is 6. The summed E-state index contributed by atoms with van der Waals surface area (Å²) >= 11 is 0. The number of unbranched alkanes of at least 4 members (excludes halogenated alkanes) is 10. The molecule has 6 nitrogen and oxygen atoms in total. The first kappa shape index (κ1) is 30.2. The number of rotatable bonds is 24. The minimum atomic E-state index is -0.118. The van der Waals surface area contributed by atoms with E-state index in [0.717, 1.165) is 50.4 Å². The van der Waals surface area contributed by atoms with E-state index in [9.17, 15) is 4.79 Å². The van der Waals surface area contributed by atoms with E-state index in [-0.39, 0.29) is 5.97 Å². The Bertz CT molecular complexity index is 575. The van der Waals surface area contributed by atoms with Crippen LogP contribution in [0.5, 0.6) is 11.5 Å². The zero-order valence-electron chi connectivity index (χ0n) is 21.7. The van der Waals surface area contributed by atoms with E-state index in [1.807, 2.05) is 24.3 Å². The molecule has 1 rings (SSSR count). The average Bonchev–Trinajstić information content (AvgIpc) is 2.86. The average molecular weight is 481 g/mol. The van der Waals surface area contributed by atoms with E-state index in [4.69, 9.17) is 23.7 Å². The largest absolute Gasteiger partial charge is 0.497 e. The molecule has 0 amide bonds. The molecule has 0 unspecified atom stereocenters. The van der Waals surface area contributed by atoms with Crippen molar-refractivity contribution >= 4 is 5.97 Å². The van der Waals surface area contributed by atoms with E-state index in [1.165, 1.54) is 51.4 Å². The Kier molecular flexibility index (Phi) is 20.4. The molecule has 0 atom stereocenters. The Morgan fingerprint density at radius 1 is 0.618 bits per heavy atom. The lowest BCUT2D eigenvalue weighted by Crippen LogP contribution is -2.13. The van der Waals surface area contributed by atoms with Crippen molar-refractivity contribution in [2.75, 3.05) is 46.8 Å². The van der Waals surface area contributed by atoms with Crippen LogP contribution in [-0.2, 0) is 19.0 Å². The fourth-order valence-electron chi connectivity index (χ4n) is 3.53. The van der Waals surface area contributed by atoms with E-state index in [0.29, 0.717) is 32.8 Å². The summed E-state index contributed by atoms with van der Waals surface area (Å²) in [5, 5.41) is 0. The smallest absolute Gasteiger partial charge is 0.305 e. The molecule has 0 aromatic heterocycles. The molecule has 0 spiro atoms. The van der Waals surface area contributed by atoms with Crippen LogP contribution in [0.1, 0.15) is 90.4 Å². The van der Waals surface area contributed by atoms with Gasteiger partial charge in [-0.15, -0.1) is 0 Å². The van der Waals surface area contributed by atoms with Crippen molar-refractivity contribution in [2.45, 2.75) is 90.4 Å². The second-order valence-corrected chi connectivity index (χ2v) is 8.61. The highest BCUT2D eigenvalue weighted by atomic mass is 16.6. The first-order chi connectivity index (χ1) is 16.8. The van der Waals surface area contributed by atoms with Gasteiger partial charge in [-0.1, -0.05) is 64.7 Å². The van der Waals surface area contributed by atoms with Crippen LogP contribution in [-0.4, -0.2) is 52.7 Å². The highest BCUT2D eigenvalue weighted by molar-refractivity contribution is 5.69. The third-order valence-electron chi connectivity index (χ3n) is 5.61. The zero-order valence-corrected chi connectivity index (χ0v) is 21.7. The molecule has 1 aromatic rings. The van der Waals surface area contributed by atoms with Crippen molar-refractivity contribution in [3.05, 3.63) is 24.3 Å². The molecular formula is C28H48O6. The molecule has 1 aromatic carbocycles. The van der Waals surface area contributed by atoms with Gasteiger partial charge in [-0.2, -0.15) is 0 Å². The Labute approximate surface area is 207 Å². The van der Waals surface area contributed by atoms with Crippen molar-refractivity contribution in [3.63, 3.8) is 0 Å². The molecule has 0 N–H and O–H groups in total. The van der Waals surface area contributed by atoms with Gasteiger partial charge in [-0.05, 0) is 43.5 Å². The van der Waals surface area contributed by atoms with Crippen molar-refractivity contribution in [2.24, 2.45) is 0 Å². The second-order valence-electron chi connectivity index (χ2n) is 8.61. The van der Waals surface area contributed by atoms with Gasteiger partial charge in [0.2, 0.25) is 0 Å². The Balaban J connectivity index is 1.76.